The van der Waals surface area contributed by atoms with Gasteiger partial charge in [0.2, 0.25) is 0 Å². The zero-order chi connectivity index (χ0) is 21.4. The van der Waals surface area contributed by atoms with Crippen molar-refractivity contribution in [1.82, 2.24) is 9.88 Å². The molecular weight excluding hydrogens is 444 g/mol. The van der Waals surface area contributed by atoms with Crippen LogP contribution in [0.15, 0.2) is 46.9 Å². The van der Waals surface area contributed by atoms with Crippen molar-refractivity contribution in [3.8, 4) is 0 Å². The number of hydrogen-bond acceptors (Lipinski definition) is 2. The highest BCUT2D eigenvalue weighted by molar-refractivity contribution is 9.10. The number of rotatable bonds is 7. The third kappa shape index (κ3) is 4.29. The third-order valence-corrected chi connectivity index (χ3v) is 6.07. The molecule has 156 valence electrons. The first-order valence-corrected chi connectivity index (χ1v) is 11.0. The van der Waals surface area contributed by atoms with Crippen LogP contribution in [-0.4, -0.2) is 27.6 Å². The highest BCUT2D eigenvalue weighted by Gasteiger charge is 2.29. The molecule has 5 nitrogen and oxygen atoms in total. The molecule has 1 amide bonds. The van der Waals surface area contributed by atoms with Gasteiger partial charge in [-0.2, -0.15) is 0 Å². The maximum absolute atomic E-state index is 13.2. The molecule has 1 aliphatic carbocycles. The van der Waals surface area contributed by atoms with E-state index in [1.54, 1.807) is 0 Å². The summed E-state index contributed by atoms with van der Waals surface area (Å²) in [5.41, 5.74) is 4.21. The molecule has 0 saturated heterocycles. The van der Waals surface area contributed by atoms with Crippen molar-refractivity contribution in [3.63, 3.8) is 0 Å². The molecule has 0 radical (unpaired) electrons. The minimum Gasteiger partial charge on any atom is -0.481 e. The molecule has 0 aliphatic heterocycles. The Kier molecular flexibility index (Phi) is 5.69. The van der Waals surface area contributed by atoms with Crippen molar-refractivity contribution >= 4 is 38.7 Å². The molecule has 4 rings (SSSR count). The number of carboxylic acid groups (broad SMARTS) is 1. The number of aliphatic carboxylic acids is 1. The average Bonchev–Trinajstić information content (AvgIpc) is 3.46. The normalized spacial score (nSPS) is 13.7. The second-order valence-electron chi connectivity index (χ2n) is 8.29. The topological polar surface area (TPSA) is 71.3 Å². The van der Waals surface area contributed by atoms with Gasteiger partial charge in [0.1, 0.15) is 5.69 Å². The Hall–Kier alpha value is -2.60. The fourth-order valence-electron chi connectivity index (χ4n) is 3.82. The third-order valence-electron chi connectivity index (χ3n) is 5.57. The summed E-state index contributed by atoms with van der Waals surface area (Å²) in [5, 5.41) is 13.4. The van der Waals surface area contributed by atoms with Crippen LogP contribution in [0.2, 0.25) is 0 Å². The smallest absolute Gasteiger partial charge is 0.307 e. The van der Waals surface area contributed by atoms with E-state index in [4.69, 9.17) is 0 Å². The molecular formula is C24H25BrN2O3. The number of nitrogens with one attached hydrogen (secondary N) is 1. The van der Waals surface area contributed by atoms with Crippen LogP contribution in [0.25, 0.3) is 10.9 Å². The highest BCUT2D eigenvalue weighted by atomic mass is 79.9. The van der Waals surface area contributed by atoms with Gasteiger partial charge in [-0.25, -0.2) is 0 Å². The van der Waals surface area contributed by atoms with E-state index < -0.39 is 5.97 Å². The largest absolute Gasteiger partial charge is 0.481 e. The molecule has 30 heavy (non-hydrogen) atoms. The van der Waals surface area contributed by atoms with E-state index >= 15 is 0 Å². The summed E-state index contributed by atoms with van der Waals surface area (Å²) in [5.74, 6) is -0.693. The Labute approximate surface area is 184 Å². The number of carbonyl (C=O) groups excluding carboxylic acids is 1. The lowest BCUT2D eigenvalue weighted by molar-refractivity contribution is -0.136. The summed E-state index contributed by atoms with van der Waals surface area (Å²) in [7, 11) is 0. The van der Waals surface area contributed by atoms with Crippen molar-refractivity contribution < 1.29 is 14.7 Å². The molecule has 1 saturated carbocycles. The Morgan fingerprint density at radius 3 is 2.47 bits per heavy atom. The number of nitrogens with zero attached hydrogens (tertiary/aromatic N) is 1. The first-order valence-electron chi connectivity index (χ1n) is 10.3. The van der Waals surface area contributed by atoms with E-state index in [-0.39, 0.29) is 18.4 Å². The van der Waals surface area contributed by atoms with Crippen molar-refractivity contribution in [3.05, 3.63) is 69.3 Å². The average molecular weight is 469 g/mol. The second kappa shape index (κ2) is 8.26. The van der Waals surface area contributed by atoms with E-state index in [2.05, 4.69) is 59.4 Å². The van der Waals surface area contributed by atoms with Crippen LogP contribution in [0.5, 0.6) is 0 Å². The summed E-state index contributed by atoms with van der Waals surface area (Å²) in [6.45, 7) is 4.82. The van der Waals surface area contributed by atoms with Gasteiger partial charge in [0.15, 0.2) is 0 Å². The molecule has 2 aromatic carbocycles. The number of carboxylic acids is 1. The molecule has 0 bridgehead atoms. The Balaban J connectivity index is 1.84. The van der Waals surface area contributed by atoms with Crippen molar-refractivity contribution in [2.45, 2.75) is 51.6 Å². The number of hydrogen-bond donors (Lipinski definition) is 2. The van der Waals surface area contributed by atoms with E-state index in [1.165, 1.54) is 5.56 Å². The van der Waals surface area contributed by atoms with E-state index in [1.807, 2.05) is 22.8 Å². The van der Waals surface area contributed by atoms with Gasteiger partial charge in [0, 0.05) is 33.5 Å². The van der Waals surface area contributed by atoms with Crippen molar-refractivity contribution in [1.29, 1.82) is 0 Å². The van der Waals surface area contributed by atoms with Gasteiger partial charge in [-0.1, -0.05) is 54.0 Å². The molecule has 3 aromatic rings. The molecule has 0 spiro atoms. The number of aromatic nitrogens is 1. The summed E-state index contributed by atoms with van der Waals surface area (Å²) in [4.78, 5) is 24.8. The zero-order valence-corrected chi connectivity index (χ0v) is 18.7. The Morgan fingerprint density at radius 2 is 1.87 bits per heavy atom. The Morgan fingerprint density at radius 1 is 1.17 bits per heavy atom. The minimum absolute atomic E-state index is 0.193. The molecule has 1 heterocycles. The summed E-state index contributed by atoms with van der Waals surface area (Å²) < 4.78 is 2.82. The number of benzene rings is 2. The first kappa shape index (κ1) is 20.7. The van der Waals surface area contributed by atoms with E-state index in [9.17, 15) is 14.7 Å². The second-order valence-corrected chi connectivity index (χ2v) is 9.20. The molecule has 2 N–H and O–H groups in total. The van der Waals surface area contributed by atoms with Gasteiger partial charge in [-0.05, 0) is 48.1 Å². The standard InChI is InChI=1S/C24H25BrN2O3/c1-14(2)16-5-3-15(4-6-16)13-27-21-10-7-17(25)11-19(21)20(12-22(28)29)23(27)24(30)26-18-8-9-18/h3-7,10-11,14,18H,8-9,12-13H2,1-2H3,(H,26,30)(H,28,29). The quantitative estimate of drug-likeness (QED) is 0.506. The van der Waals surface area contributed by atoms with Crippen LogP contribution < -0.4 is 5.32 Å². The molecule has 1 aromatic heterocycles. The minimum atomic E-state index is -0.948. The summed E-state index contributed by atoms with van der Waals surface area (Å²) in [6, 6.07) is 14.4. The van der Waals surface area contributed by atoms with Gasteiger partial charge in [0.05, 0.1) is 6.42 Å². The van der Waals surface area contributed by atoms with E-state index in [0.717, 1.165) is 33.8 Å². The van der Waals surface area contributed by atoms with Gasteiger partial charge in [-0.15, -0.1) is 0 Å². The number of amides is 1. The number of halogens is 1. The lowest BCUT2D eigenvalue weighted by Gasteiger charge is -2.13. The fourth-order valence-corrected chi connectivity index (χ4v) is 4.18. The predicted octanol–water partition coefficient (Wildman–Crippen LogP) is 5.09. The van der Waals surface area contributed by atoms with Gasteiger partial charge in [-0.3, -0.25) is 9.59 Å². The van der Waals surface area contributed by atoms with Gasteiger partial charge in [0.25, 0.3) is 5.91 Å². The molecule has 1 fully saturated rings. The number of fused-ring (bicyclic) bond motifs is 1. The Bertz CT molecular complexity index is 1110. The van der Waals surface area contributed by atoms with Crippen LogP contribution in [-0.2, 0) is 17.8 Å². The van der Waals surface area contributed by atoms with Crippen LogP contribution >= 0.6 is 15.9 Å². The summed E-state index contributed by atoms with van der Waals surface area (Å²) in [6.07, 6.45) is 1.75. The van der Waals surface area contributed by atoms with E-state index in [0.29, 0.717) is 23.7 Å². The number of carbonyl (C=O) groups is 2. The van der Waals surface area contributed by atoms with Crippen LogP contribution in [0.4, 0.5) is 0 Å². The predicted molar refractivity (Wildman–Crippen MR) is 121 cm³/mol. The van der Waals surface area contributed by atoms with Crippen LogP contribution in [0, 0.1) is 0 Å². The van der Waals surface area contributed by atoms with Crippen LogP contribution in [0.1, 0.15) is 59.8 Å². The maximum atomic E-state index is 13.2. The SMILES string of the molecule is CC(C)c1ccc(Cn2c(C(=O)NC3CC3)c(CC(=O)O)c3cc(Br)ccc32)cc1. The molecule has 0 unspecified atom stereocenters. The highest BCUT2D eigenvalue weighted by Crippen LogP contribution is 2.31. The lowest BCUT2D eigenvalue weighted by Crippen LogP contribution is -2.29. The maximum Gasteiger partial charge on any atom is 0.307 e. The molecule has 0 atom stereocenters. The lowest BCUT2D eigenvalue weighted by atomic mass is 10.0. The zero-order valence-electron chi connectivity index (χ0n) is 17.1. The summed E-state index contributed by atoms with van der Waals surface area (Å²) >= 11 is 3.49. The fraction of sp³-hybridized carbons (Fsp3) is 0.333. The first-order chi connectivity index (χ1) is 14.3. The van der Waals surface area contributed by atoms with Gasteiger partial charge >= 0.3 is 5.97 Å². The molecule has 1 aliphatic rings. The van der Waals surface area contributed by atoms with Crippen molar-refractivity contribution in [2.24, 2.45) is 0 Å². The van der Waals surface area contributed by atoms with Crippen LogP contribution in [0.3, 0.4) is 0 Å². The van der Waals surface area contributed by atoms with Gasteiger partial charge < -0.3 is 15.0 Å². The molecule has 6 heteroatoms. The monoisotopic (exact) mass is 468 g/mol. The van der Waals surface area contributed by atoms with Crippen molar-refractivity contribution in [2.75, 3.05) is 0 Å².